The minimum absolute atomic E-state index is 0.110. The van der Waals surface area contributed by atoms with Crippen molar-refractivity contribution in [2.75, 3.05) is 18.7 Å². The van der Waals surface area contributed by atoms with Crippen LogP contribution in [-0.2, 0) is 11.3 Å². The van der Waals surface area contributed by atoms with Gasteiger partial charge in [0.25, 0.3) is 5.56 Å². The molecule has 6 nitrogen and oxygen atoms in total. The maximum Gasteiger partial charge on any atom is 0.254 e. The molecule has 0 aliphatic heterocycles. The van der Waals surface area contributed by atoms with Crippen molar-refractivity contribution in [3.63, 3.8) is 0 Å². The first-order valence-electron chi connectivity index (χ1n) is 8.25. The number of rotatable bonds is 6. The predicted octanol–water partition coefficient (Wildman–Crippen LogP) is 3.28. The number of para-hydroxylation sites is 2. The maximum absolute atomic E-state index is 12.4. The van der Waals surface area contributed by atoms with Crippen LogP contribution in [-0.4, -0.2) is 28.8 Å². The van der Waals surface area contributed by atoms with Crippen LogP contribution in [0.1, 0.15) is 0 Å². The third kappa shape index (κ3) is 4.38. The summed E-state index contributed by atoms with van der Waals surface area (Å²) in [7, 11) is 1.57. The zero-order valence-electron chi connectivity index (χ0n) is 15.0. The van der Waals surface area contributed by atoms with E-state index < -0.39 is 0 Å². The fourth-order valence-corrected chi connectivity index (χ4v) is 3.19. The zero-order chi connectivity index (χ0) is 19.2. The first-order valence-corrected chi connectivity index (χ1v) is 9.47. The van der Waals surface area contributed by atoms with Crippen LogP contribution in [0.2, 0.25) is 0 Å². The normalized spacial score (nSPS) is 10.4. The van der Waals surface area contributed by atoms with Gasteiger partial charge in [-0.05, 0) is 30.5 Å². The van der Waals surface area contributed by atoms with Crippen molar-refractivity contribution >= 4 is 23.4 Å². The van der Waals surface area contributed by atoms with Gasteiger partial charge in [-0.2, -0.15) is 0 Å². The van der Waals surface area contributed by atoms with Crippen LogP contribution in [0.15, 0.2) is 70.6 Å². The molecule has 3 rings (SSSR count). The summed E-state index contributed by atoms with van der Waals surface area (Å²) in [6, 6.07) is 16.3. The number of nitrogens with zero attached hydrogens (tertiary/aromatic N) is 2. The summed E-state index contributed by atoms with van der Waals surface area (Å²) in [6.45, 7) is -0.110. The molecule has 1 N–H and O–H groups in total. The molecule has 0 radical (unpaired) electrons. The number of thioether (sulfide) groups is 1. The SMILES string of the molecule is COc1ccccc1-c1cc(=O)n(CC(=O)Nc2ccccc2SC)cn1. The number of anilines is 1. The molecule has 0 spiro atoms. The molecule has 7 heteroatoms. The molecule has 0 fully saturated rings. The van der Waals surface area contributed by atoms with Gasteiger partial charge in [-0.15, -0.1) is 11.8 Å². The molecule has 1 amide bonds. The van der Waals surface area contributed by atoms with Crippen LogP contribution >= 0.6 is 11.8 Å². The molecule has 2 aromatic carbocycles. The van der Waals surface area contributed by atoms with Gasteiger partial charge in [0.05, 0.1) is 24.8 Å². The second-order valence-electron chi connectivity index (χ2n) is 5.69. The van der Waals surface area contributed by atoms with Crippen LogP contribution in [0.4, 0.5) is 5.69 Å². The van der Waals surface area contributed by atoms with E-state index in [1.807, 2.05) is 48.7 Å². The Bertz CT molecular complexity index is 1020. The van der Waals surface area contributed by atoms with E-state index in [4.69, 9.17) is 4.74 Å². The molecular formula is C20H19N3O3S. The van der Waals surface area contributed by atoms with Crippen LogP contribution in [0.25, 0.3) is 11.3 Å². The Morgan fingerprint density at radius 3 is 2.67 bits per heavy atom. The summed E-state index contributed by atoms with van der Waals surface area (Å²) < 4.78 is 6.58. The Morgan fingerprint density at radius 1 is 1.19 bits per heavy atom. The molecule has 138 valence electrons. The van der Waals surface area contributed by atoms with Gasteiger partial charge in [-0.25, -0.2) is 4.98 Å². The van der Waals surface area contributed by atoms with E-state index in [0.29, 0.717) is 11.4 Å². The van der Waals surface area contributed by atoms with Crippen LogP contribution in [0, 0.1) is 0 Å². The van der Waals surface area contributed by atoms with E-state index >= 15 is 0 Å². The van der Waals surface area contributed by atoms with Crippen molar-refractivity contribution in [1.29, 1.82) is 0 Å². The fourth-order valence-electron chi connectivity index (χ4n) is 2.64. The van der Waals surface area contributed by atoms with E-state index in [0.717, 1.165) is 16.1 Å². The lowest BCUT2D eigenvalue weighted by molar-refractivity contribution is -0.116. The number of amides is 1. The van der Waals surface area contributed by atoms with Gasteiger partial charge in [-0.3, -0.25) is 14.2 Å². The lowest BCUT2D eigenvalue weighted by Crippen LogP contribution is -2.27. The zero-order valence-corrected chi connectivity index (χ0v) is 15.8. The molecule has 3 aromatic rings. The number of methoxy groups -OCH3 is 1. The summed E-state index contributed by atoms with van der Waals surface area (Å²) in [5.74, 6) is 0.346. The Morgan fingerprint density at radius 2 is 1.93 bits per heavy atom. The Hall–Kier alpha value is -3.06. The third-order valence-electron chi connectivity index (χ3n) is 3.96. The molecule has 0 saturated heterocycles. The number of carbonyl (C=O) groups is 1. The lowest BCUT2D eigenvalue weighted by Gasteiger charge is -2.11. The highest BCUT2D eigenvalue weighted by Gasteiger charge is 2.11. The smallest absolute Gasteiger partial charge is 0.254 e. The Labute approximate surface area is 161 Å². The lowest BCUT2D eigenvalue weighted by atomic mass is 10.1. The molecule has 0 aliphatic rings. The number of hydrogen-bond donors (Lipinski definition) is 1. The number of hydrogen-bond acceptors (Lipinski definition) is 5. The van der Waals surface area contributed by atoms with E-state index in [2.05, 4.69) is 10.3 Å². The molecule has 0 unspecified atom stereocenters. The van der Waals surface area contributed by atoms with Gasteiger partial charge < -0.3 is 10.1 Å². The van der Waals surface area contributed by atoms with Crippen LogP contribution in [0.5, 0.6) is 5.75 Å². The largest absolute Gasteiger partial charge is 0.496 e. The minimum Gasteiger partial charge on any atom is -0.496 e. The van der Waals surface area contributed by atoms with E-state index in [9.17, 15) is 9.59 Å². The average molecular weight is 381 g/mol. The average Bonchev–Trinajstić information content (AvgIpc) is 2.70. The topological polar surface area (TPSA) is 73.2 Å². The Kier molecular flexibility index (Phi) is 5.93. The molecular weight excluding hydrogens is 362 g/mol. The van der Waals surface area contributed by atoms with Crippen molar-refractivity contribution < 1.29 is 9.53 Å². The van der Waals surface area contributed by atoms with Gasteiger partial charge in [0, 0.05) is 16.5 Å². The van der Waals surface area contributed by atoms with Crippen molar-refractivity contribution in [2.45, 2.75) is 11.4 Å². The maximum atomic E-state index is 12.4. The fraction of sp³-hybridized carbons (Fsp3) is 0.150. The second-order valence-corrected chi connectivity index (χ2v) is 6.54. The molecule has 27 heavy (non-hydrogen) atoms. The summed E-state index contributed by atoms with van der Waals surface area (Å²) in [6.07, 6.45) is 3.32. The standard InChI is InChI=1S/C20H19N3O3S/c1-26-17-9-5-3-7-14(17)16-11-20(25)23(13-21-16)12-19(24)22-15-8-4-6-10-18(15)27-2/h3-11,13H,12H2,1-2H3,(H,22,24). The van der Waals surface area contributed by atoms with Crippen molar-refractivity contribution in [1.82, 2.24) is 9.55 Å². The van der Waals surface area contributed by atoms with Crippen LogP contribution in [0.3, 0.4) is 0 Å². The molecule has 0 atom stereocenters. The summed E-state index contributed by atoms with van der Waals surface area (Å²) >= 11 is 1.54. The third-order valence-corrected chi connectivity index (χ3v) is 4.75. The molecule has 0 saturated carbocycles. The molecule has 0 bridgehead atoms. The van der Waals surface area contributed by atoms with Crippen LogP contribution < -0.4 is 15.6 Å². The quantitative estimate of drug-likeness (QED) is 0.664. The Balaban J connectivity index is 1.78. The monoisotopic (exact) mass is 381 g/mol. The van der Waals surface area contributed by atoms with Gasteiger partial charge in [-0.1, -0.05) is 24.3 Å². The highest BCUT2D eigenvalue weighted by molar-refractivity contribution is 7.98. The second kappa shape index (κ2) is 8.55. The summed E-state index contributed by atoms with van der Waals surface area (Å²) in [5.41, 5.74) is 1.64. The highest BCUT2D eigenvalue weighted by atomic mass is 32.2. The minimum atomic E-state index is -0.306. The first kappa shape index (κ1) is 18.7. The number of aromatic nitrogens is 2. The number of carbonyl (C=O) groups excluding carboxylic acids is 1. The first-order chi connectivity index (χ1) is 13.1. The van der Waals surface area contributed by atoms with Gasteiger partial charge in [0.1, 0.15) is 12.3 Å². The van der Waals surface area contributed by atoms with E-state index in [-0.39, 0.29) is 18.0 Å². The molecule has 0 aliphatic carbocycles. The molecule has 1 aromatic heterocycles. The van der Waals surface area contributed by atoms with Gasteiger partial charge in [0.2, 0.25) is 5.91 Å². The number of ether oxygens (including phenoxy) is 1. The van der Waals surface area contributed by atoms with Gasteiger partial charge >= 0.3 is 0 Å². The summed E-state index contributed by atoms with van der Waals surface area (Å²) in [5, 5.41) is 2.83. The molecule has 1 heterocycles. The van der Waals surface area contributed by atoms with Crippen molar-refractivity contribution in [3.05, 3.63) is 71.3 Å². The predicted molar refractivity (Wildman–Crippen MR) is 107 cm³/mol. The van der Waals surface area contributed by atoms with Gasteiger partial charge in [0.15, 0.2) is 0 Å². The van der Waals surface area contributed by atoms with E-state index in [1.54, 1.807) is 24.9 Å². The van der Waals surface area contributed by atoms with E-state index in [1.165, 1.54) is 17.0 Å². The number of nitrogens with one attached hydrogen (secondary N) is 1. The highest BCUT2D eigenvalue weighted by Crippen LogP contribution is 2.27. The number of benzene rings is 2. The van der Waals surface area contributed by atoms with Crippen molar-refractivity contribution in [2.24, 2.45) is 0 Å². The van der Waals surface area contributed by atoms with Crippen molar-refractivity contribution in [3.8, 4) is 17.0 Å². The summed E-state index contributed by atoms with van der Waals surface area (Å²) in [4.78, 5) is 30.0.